The maximum absolute atomic E-state index is 9.38. The van der Waals surface area contributed by atoms with E-state index < -0.39 is 0 Å². The first-order valence-electron chi connectivity index (χ1n) is 5.58. The van der Waals surface area contributed by atoms with E-state index >= 15 is 0 Å². The number of hydrogen-bond donors (Lipinski definition) is 1. The van der Waals surface area contributed by atoms with Crippen molar-refractivity contribution < 1.29 is 5.11 Å². The minimum Gasteiger partial charge on any atom is -0.394 e. The molecule has 0 saturated carbocycles. The van der Waals surface area contributed by atoms with E-state index in [9.17, 15) is 5.11 Å². The highest BCUT2D eigenvalue weighted by Gasteiger charge is 2.27. The Kier molecular flexibility index (Phi) is 2.90. The van der Waals surface area contributed by atoms with Crippen LogP contribution >= 0.6 is 22.9 Å². The molecule has 0 aromatic carbocycles. The van der Waals surface area contributed by atoms with Crippen molar-refractivity contribution in [1.82, 2.24) is 9.97 Å². The predicted molar refractivity (Wildman–Crippen MR) is 69.9 cm³/mol. The minimum atomic E-state index is 0.159. The molecule has 3 heterocycles. The van der Waals surface area contributed by atoms with Crippen LogP contribution in [0, 0.1) is 0 Å². The van der Waals surface area contributed by atoms with Gasteiger partial charge in [0.1, 0.15) is 0 Å². The molecule has 2 aromatic rings. The molecule has 1 fully saturated rings. The molecule has 0 radical (unpaired) electrons. The zero-order chi connectivity index (χ0) is 11.8. The molecule has 6 heteroatoms. The van der Waals surface area contributed by atoms with Gasteiger partial charge in [0.2, 0.25) is 5.28 Å². The quantitative estimate of drug-likeness (QED) is 0.850. The Labute approximate surface area is 108 Å². The summed E-state index contributed by atoms with van der Waals surface area (Å²) in [6, 6.07) is 2.10. The van der Waals surface area contributed by atoms with E-state index in [0.717, 1.165) is 35.4 Å². The zero-order valence-corrected chi connectivity index (χ0v) is 10.7. The van der Waals surface area contributed by atoms with E-state index in [2.05, 4.69) is 14.9 Å². The molecule has 1 aliphatic heterocycles. The van der Waals surface area contributed by atoms with Crippen LogP contribution in [0.25, 0.3) is 10.2 Å². The van der Waals surface area contributed by atoms with Crippen LogP contribution in [0.15, 0.2) is 11.4 Å². The Morgan fingerprint density at radius 3 is 3.24 bits per heavy atom. The van der Waals surface area contributed by atoms with Crippen LogP contribution in [0.4, 0.5) is 5.82 Å². The third-order valence-electron chi connectivity index (χ3n) is 3.12. The molecular weight excluding hydrogens is 258 g/mol. The lowest BCUT2D eigenvalue weighted by atomic mass is 10.2. The van der Waals surface area contributed by atoms with Crippen LogP contribution in [0.3, 0.4) is 0 Å². The van der Waals surface area contributed by atoms with Gasteiger partial charge in [0.15, 0.2) is 5.82 Å². The normalized spacial score (nSPS) is 20.4. The van der Waals surface area contributed by atoms with E-state index in [-0.39, 0.29) is 17.9 Å². The molecule has 0 aliphatic carbocycles. The summed E-state index contributed by atoms with van der Waals surface area (Å²) in [6.45, 7) is 1.08. The Morgan fingerprint density at radius 2 is 2.41 bits per heavy atom. The fraction of sp³-hybridized carbons (Fsp3) is 0.455. The molecule has 1 aliphatic rings. The molecule has 0 unspecified atom stereocenters. The number of anilines is 1. The second-order valence-corrected chi connectivity index (χ2v) is 5.38. The van der Waals surface area contributed by atoms with Gasteiger partial charge in [-0.1, -0.05) is 0 Å². The summed E-state index contributed by atoms with van der Waals surface area (Å²) in [4.78, 5) is 10.7. The molecule has 1 N–H and O–H groups in total. The average molecular weight is 270 g/mol. The van der Waals surface area contributed by atoms with Gasteiger partial charge in [0.05, 0.1) is 22.9 Å². The molecule has 0 spiro atoms. The van der Waals surface area contributed by atoms with E-state index in [1.165, 1.54) is 0 Å². The third kappa shape index (κ3) is 1.88. The lowest BCUT2D eigenvalue weighted by Gasteiger charge is -2.24. The zero-order valence-electron chi connectivity index (χ0n) is 9.14. The van der Waals surface area contributed by atoms with Crippen LogP contribution in [-0.4, -0.2) is 34.3 Å². The number of thiophene rings is 1. The highest BCUT2D eigenvalue weighted by Crippen LogP contribution is 2.33. The highest BCUT2D eigenvalue weighted by atomic mass is 35.5. The molecule has 1 atom stereocenters. The van der Waals surface area contributed by atoms with Gasteiger partial charge < -0.3 is 10.0 Å². The van der Waals surface area contributed by atoms with Crippen LogP contribution in [-0.2, 0) is 0 Å². The molecule has 17 heavy (non-hydrogen) atoms. The fourth-order valence-electron chi connectivity index (χ4n) is 2.32. The monoisotopic (exact) mass is 269 g/mol. The number of hydrogen-bond acceptors (Lipinski definition) is 5. The number of aliphatic hydroxyl groups excluding tert-OH is 1. The smallest absolute Gasteiger partial charge is 0.224 e. The van der Waals surface area contributed by atoms with Gasteiger partial charge in [-0.15, -0.1) is 11.3 Å². The average Bonchev–Trinajstić information content (AvgIpc) is 2.95. The largest absolute Gasteiger partial charge is 0.394 e. The van der Waals surface area contributed by atoms with Crippen LogP contribution in [0.5, 0.6) is 0 Å². The lowest BCUT2D eigenvalue weighted by molar-refractivity contribution is 0.266. The van der Waals surface area contributed by atoms with Crippen molar-refractivity contribution in [1.29, 1.82) is 0 Å². The molecule has 2 aromatic heterocycles. The first kappa shape index (κ1) is 11.2. The number of aliphatic hydroxyl groups is 1. The van der Waals surface area contributed by atoms with Crippen molar-refractivity contribution in [2.75, 3.05) is 18.1 Å². The maximum Gasteiger partial charge on any atom is 0.224 e. The minimum absolute atomic E-state index is 0.159. The third-order valence-corrected chi connectivity index (χ3v) is 4.19. The first-order valence-corrected chi connectivity index (χ1v) is 6.83. The molecule has 4 nitrogen and oxygen atoms in total. The number of rotatable bonds is 2. The molecular formula is C11H12ClN3OS. The van der Waals surface area contributed by atoms with Gasteiger partial charge in [0.25, 0.3) is 0 Å². The van der Waals surface area contributed by atoms with Gasteiger partial charge in [-0.25, -0.2) is 4.98 Å². The van der Waals surface area contributed by atoms with Crippen LogP contribution in [0.1, 0.15) is 12.8 Å². The standard InChI is InChI=1S/C11H12ClN3OS/c12-11-13-8-3-5-17-9(8)10(14-11)15-4-1-2-7(15)6-16/h3,5,7,16H,1-2,4,6H2/t7-/m1/s1. The number of nitrogens with zero attached hydrogens (tertiary/aromatic N) is 3. The van der Waals surface area contributed by atoms with Crippen molar-refractivity contribution in [3.05, 3.63) is 16.7 Å². The number of halogens is 1. The molecule has 0 bridgehead atoms. The summed E-state index contributed by atoms with van der Waals surface area (Å²) < 4.78 is 1.05. The van der Waals surface area contributed by atoms with Gasteiger partial charge in [-0.05, 0) is 35.9 Å². The Bertz CT molecular complexity index is 544. The summed E-state index contributed by atoms with van der Waals surface area (Å²) in [6.07, 6.45) is 2.09. The Hall–Kier alpha value is -0.910. The second-order valence-electron chi connectivity index (χ2n) is 4.12. The summed E-state index contributed by atoms with van der Waals surface area (Å²) in [5.41, 5.74) is 0.883. The molecule has 0 amide bonds. The van der Waals surface area contributed by atoms with Gasteiger partial charge in [0, 0.05) is 6.54 Å². The maximum atomic E-state index is 9.38. The SMILES string of the molecule is OC[C@H]1CCCN1c1nc(Cl)nc2ccsc12. The predicted octanol–water partition coefficient (Wildman–Crippen LogP) is 2.31. The van der Waals surface area contributed by atoms with Crippen molar-refractivity contribution in [3.63, 3.8) is 0 Å². The van der Waals surface area contributed by atoms with E-state index in [1.54, 1.807) is 11.3 Å². The van der Waals surface area contributed by atoms with Gasteiger partial charge in [-0.2, -0.15) is 4.98 Å². The summed E-state index contributed by atoms with van der Waals surface area (Å²) in [5, 5.41) is 11.6. The summed E-state index contributed by atoms with van der Waals surface area (Å²) >= 11 is 7.56. The second kappa shape index (κ2) is 4.40. The topological polar surface area (TPSA) is 49.2 Å². The van der Waals surface area contributed by atoms with Gasteiger partial charge >= 0.3 is 0 Å². The fourth-order valence-corrected chi connectivity index (χ4v) is 3.33. The van der Waals surface area contributed by atoms with Crippen molar-refractivity contribution >= 4 is 39.0 Å². The summed E-state index contributed by atoms with van der Waals surface area (Å²) in [7, 11) is 0. The highest BCUT2D eigenvalue weighted by molar-refractivity contribution is 7.17. The van der Waals surface area contributed by atoms with Crippen LogP contribution < -0.4 is 4.90 Å². The number of aromatic nitrogens is 2. The Balaban J connectivity index is 2.12. The van der Waals surface area contributed by atoms with Crippen LogP contribution in [0.2, 0.25) is 5.28 Å². The lowest BCUT2D eigenvalue weighted by Crippen LogP contribution is -2.32. The molecule has 3 rings (SSSR count). The van der Waals surface area contributed by atoms with Crippen molar-refractivity contribution in [2.24, 2.45) is 0 Å². The van der Waals surface area contributed by atoms with Crippen molar-refractivity contribution in [2.45, 2.75) is 18.9 Å². The van der Waals surface area contributed by atoms with Gasteiger partial charge in [-0.3, -0.25) is 0 Å². The van der Waals surface area contributed by atoms with E-state index in [1.807, 2.05) is 11.4 Å². The van der Waals surface area contributed by atoms with Crippen molar-refractivity contribution in [3.8, 4) is 0 Å². The first-order chi connectivity index (χ1) is 8.29. The number of fused-ring (bicyclic) bond motifs is 1. The molecule has 1 saturated heterocycles. The summed E-state index contributed by atoms with van der Waals surface area (Å²) in [5.74, 6) is 0.867. The Morgan fingerprint density at radius 1 is 1.53 bits per heavy atom. The van der Waals surface area contributed by atoms with E-state index in [0.29, 0.717) is 0 Å². The van der Waals surface area contributed by atoms with E-state index in [4.69, 9.17) is 11.6 Å². The molecule has 90 valence electrons.